The Kier molecular flexibility index (Phi) is 3.65. The van der Waals surface area contributed by atoms with Crippen molar-refractivity contribution < 1.29 is 4.79 Å². The van der Waals surface area contributed by atoms with Gasteiger partial charge in [-0.2, -0.15) is 11.8 Å². The Morgan fingerprint density at radius 1 is 1.31 bits per heavy atom. The topological polar surface area (TPSA) is 29.1 Å². The summed E-state index contributed by atoms with van der Waals surface area (Å²) in [6, 6.07) is 0. The van der Waals surface area contributed by atoms with Gasteiger partial charge in [0.25, 0.3) is 0 Å². The Morgan fingerprint density at radius 2 is 1.85 bits per heavy atom. The summed E-state index contributed by atoms with van der Waals surface area (Å²) < 4.78 is 0. The van der Waals surface area contributed by atoms with Crippen LogP contribution in [0.3, 0.4) is 0 Å². The average molecular weight is 201 g/mol. The van der Waals surface area contributed by atoms with Gasteiger partial charge in [-0.25, -0.2) is 0 Å². The number of nitrogens with one attached hydrogen (secondary N) is 1. The molecule has 2 nitrogen and oxygen atoms in total. The lowest BCUT2D eigenvalue weighted by Crippen LogP contribution is -2.44. The Morgan fingerprint density at radius 3 is 2.31 bits per heavy atom. The zero-order valence-electron chi connectivity index (χ0n) is 8.72. The second-order valence-electron chi connectivity index (χ2n) is 4.63. The van der Waals surface area contributed by atoms with Gasteiger partial charge in [-0.15, -0.1) is 0 Å². The molecule has 0 aliphatic carbocycles. The highest BCUT2D eigenvalue weighted by molar-refractivity contribution is 7.99. The summed E-state index contributed by atoms with van der Waals surface area (Å²) >= 11 is 1.95. The van der Waals surface area contributed by atoms with Crippen LogP contribution in [-0.2, 0) is 4.79 Å². The average Bonchev–Trinajstić information content (AvgIpc) is 2.03. The van der Waals surface area contributed by atoms with Crippen LogP contribution in [0.1, 0.15) is 33.6 Å². The molecule has 1 heterocycles. The van der Waals surface area contributed by atoms with E-state index in [1.807, 2.05) is 32.5 Å². The number of hydrogen-bond donors (Lipinski definition) is 1. The van der Waals surface area contributed by atoms with Crippen LogP contribution in [0.5, 0.6) is 0 Å². The van der Waals surface area contributed by atoms with Gasteiger partial charge in [-0.1, -0.05) is 0 Å². The van der Waals surface area contributed by atoms with E-state index in [9.17, 15) is 4.79 Å². The van der Waals surface area contributed by atoms with E-state index < -0.39 is 0 Å². The van der Waals surface area contributed by atoms with Gasteiger partial charge in [0.2, 0.25) is 5.91 Å². The summed E-state index contributed by atoms with van der Waals surface area (Å²) in [6.07, 6.45) is 2.10. The van der Waals surface area contributed by atoms with Gasteiger partial charge in [0.05, 0.1) is 0 Å². The molecular formula is C10H19NOS. The van der Waals surface area contributed by atoms with Crippen molar-refractivity contribution in [2.45, 2.75) is 39.2 Å². The molecule has 0 saturated carbocycles. The fourth-order valence-electron chi connectivity index (χ4n) is 1.43. The lowest BCUT2D eigenvalue weighted by Gasteiger charge is -2.26. The summed E-state index contributed by atoms with van der Waals surface area (Å²) in [6.45, 7) is 6.09. The number of amides is 1. The van der Waals surface area contributed by atoms with E-state index in [0.29, 0.717) is 0 Å². The van der Waals surface area contributed by atoms with Crippen molar-refractivity contribution in [3.63, 3.8) is 0 Å². The maximum Gasteiger partial charge on any atom is 0.223 e. The first-order valence-electron chi connectivity index (χ1n) is 4.89. The summed E-state index contributed by atoms with van der Waals surface area (Å²) in [5, 5.41) is 3.04. The SMILES string of the molecule is CC(C)(C)NC(=O)C1CCSCC1. The molecule has 1 fully saturated rings. The number of hydrogen-bond acceptors (Lipinski definition) is 2. The quantitative estimate of drug-likeness (QED) is 0.703. The highest BCUT2D eigenvalue weighted by Gasteiger charge is 2.24. The number of carbonyl (C=O) groups excluding carboxylic acids is 1. The summed E-state index contributed by atoms with van der Waals surface area (Å²) in [7, 11) is 0. The molecule has 3 heteroatoms. The predicted octanol–water partition coefficient (Wildman–Crippen LogP) is 2.04. The van der Waals surface area contributed by atoms with Crippen molar-refractivity contribution in [2.24, 2.45) is 5.92 Å². The highest BCUT2D eigenvalue weighted by atomic mass is 32.2. The van der Waals surface area contributed by atoms with Crippen LogP contribution in [0.25, 0.3) is 0 Å². The monoisotopic (exact) mass is 201 g/mol. The van der Waals surface area contributed by atoms with Gasteiger partial charge in [0.1, 0.15) is 0 Å². The second-order valence-corrected chi connectivity index (χ2v) is 5.85. The van der Waals surface area contributed by atoms with Gasteiger partial charge < -0.3 is 5.32 Å². The molecule has 0 radical (unpaired) electrons. The molecule has 1 saturated heterocycles. The molecule has 0 unspecified atom stereocenters. The second kappa shape index (κ2) is 4.36. The Balaban J connectivity index is 2.38. The molecule has 1 aliphatic rings. The Hall–Kier alpha value is -0.180. The lowest BCUT2D eigenvalue weighted by molar-refractivity contribution is -0.126. The molecule has 0 bridgehead atoms. The first kappa shape index (κ1) is 10.9. The van der Waals surface area contributed by atoms with Crippen molar-refractivity contribution in [1.29, 1.82) is 0 Å². The van der Waals surface area contributed by atoms with Crippen molar-refractivity contribution in [3.8, 4) is 0 Å². The van der Waals surface area contributed by atoms with Crippen molar-refractivity contribution >= 4 is 17.7 Å². The van der Waals surface area contributed by atoms with Gasteiger partial charge in [-0.3, -0.25) is 4.79 Å². The van der Waals surface area contributed by atoms with E-state index >= 15 is 0 Å². The molecule has 1 rings (SSSR count). The largest absolute Gasteiger partial charge is 0.351 e. The van der Waals surface area contributed by atoms with Crippen LogP contribution in [0, 0.1) is 5.92 Å². The molecule has 76 valence electrons. The van der Waals surface area contributed by atoms with Crippen LogP contribution >= 0.6 is 11.8 Å². The third-order valence-electron chi connectivity index (χ3n) is 2.09. The summed E-state index contributed by atoms with van der Waals surface area (Å²) in [4.78, 5) is 11.7. The zero-order chi connectivity index (χ0) is 9.90. The van der Waals surface area contributed by atoms with E-state index in [1.165, 1.54) is 0 Å². The van der Waals surface area contributed by atoms with E-state index in [0.717, 1.165) is 24.3 Å². The first-order chi connectivity index (χ1) is 5.99. The third-order valence-corrected chi connectivity index (χ3v) is 3.14. The number of thioether (sulfide) groups is 1. The van der Waals surface area contributed by atoms with E-state index in [2.05, 4.69) is 5.32 Å². The van der Waals surface area contributed by atoms with Gasteiger partial charge in [0, 0.05) is 11.5 Å². The van der Waals surface area contributed by atoms with E-state index in [1.54, 1.807) is 0 Å². The Labute approximate surface area is 84.9 Å². The molecule has 1 N–H and O–H groups in total. The smallest absolute Gasteiger partial charge is 0.223 e. The highest BCUT2D eigenvalue weighted by Crippen LogP contribution is 2.23. The molecule has 0 aromatic heterocycles. The minimum Gasteiger partial charge on any atom is -0.351 e. The van der Waals surface area contributed by atoms with Gasteiger partial charge in [-0.05, 0) is 45.1 Å². The maximum atomic E-state index is 11.7. The van der Waals surface area contributed by atoms with E-state index in [-0.39, 0.29) is 17.4 Å². The fraction of sp³-hybridized carbons (Fsp3) is 0.900. The fourth-order valence-corrected chi connectivity index (χ4v) is 2.54. The van der Waals surface area contributed by atoms with Crippen LogP contribution in [0.2, 0.25) is 0 Å². The zero-order valence-corrected chi connectivity index (χ0v) is 9.54. The van der Waals surface area contributed by atoms with Crippen LogP contribution < -0.4 is 5.32 Å². The standard InChI is InChI=1S/C10H19NOS/c1-10(2,3)11-9(12)8-4-6-13-7-5-8/h8H,4-7H2,1-3H3,(H,11,12). The molecule has 0 spiro atoms. The minimum atomic E-state index is -0.0817. The summed E-state index contributed by atoms with van der Waals surface area (Å²) in [5.74, 6) is 2.79. The van der Waals surface area contributed by atoms with Crippen molar-refractivity contribution in [3.05, 3.63) is 0 Å². The molecule has 1 amide bonds. The van der Waals surface area contributed by atoms with Crippen LogP contribution in [0.4, 0.5) is 0 Å². The normalized spacial score (nSPS) is 19.9. The van der Waals surface area contributed by atoms with Crippen molar-refractivity contribution in [1.82, 2.24) is 5.32 Å². The molecule has 0 atom stereocenters. The minimum absolute atomic E-state index is 0.0817. The number of carbonyl (C=O) groups is 1. The molecule has 0 aromatic carbocycles. The summed E-state index contributed by atoms with van der Waals surface area (Å²) in [5.41, 5.74) is -0.0817. The predicted molar refractivity (Wildman–Crippen MR) is 57.9 cm³/mol. The van der Waals surface area contributed by atoms with Crippen LogP contribution in [0.15, 0.2) is 0 Å². The maximum absolute atomic E-state index is 11.7. The molecule has 0 aromatic rings. The molecule has 13 heavy (non-hydrogen) atoms. The molecule has 1 aliphatic heterocycles. The van der Waals surface area contributed by atoms with Crippen LogP contribution in [-0.4, -0.2) is 23.0 Å². The lowest BCUT2D eigenvalue weighted by atomic mass is 9.99. The first-order valence-corrected chi connectivity index (χ1v) is 6.04. The molecular weight excluding hydrogens is 182 g/mol. The van der Waals surface area contributed by atoms with Gasteiger partial charge >= 0.3 is 0 Å². The van der Waals surface area contributed by atoms with Crippen molar-refractivity contribution in [2.75, 3.05) is 11.5 Å². The Bertz CT molecular complexity index is 180. The van der Waals surface area contributed by atoms with E-state index in [4.69, 9.17) is 0 Å². The van der Waals surface area contributed by atoms with Gasteiger partial charge in [0.15, 0.2) is 0 Å². The number of rotatable bonds is 1. The third kappa shape index (κ3) is 4.03.